The molecule has 1 aliphatic rings. The van der Waals surface area contributed by atoms with Crippen LogP contribution in [0.4, 0.5) is 4.79 Å². The minimum Gasteiger partial charge on any atom is -0.506 e. The van der Waals surface area contributed by atoms with E-state index in [1.165, 1.54) is 23.4 Å². The van der Waals surface area contributed by atoms with Gasteiger partial charge in [0, 0.05) is 46.5 Å². The van der Waals surface area contributed by atoms with E-state index in [9.17, 15) is 14.7 Å². The summed E-state index contributed by atoms with van der Waals surface area (Å²) in [6.45, 7) is 1.98. The van der Waals surface area contributed by atoms with E-state index in [-0.39, 0.29) is 17.7 Å². The Morgan fingerprint density at radius 2 is 1.75 bits per heavy atom. The van der Waals surface area contributed by atoms with Gasteiger partial charge >= 0.3 is 6.03 Å². The lowest BCUT2D eigenvalue weighted by molar-refractivity contribution is 0.0649. The lowest BCUT2D eigenvalue weighted by atomic mass is 10.2. The van der Waals surface area contributed by atoms with Crippen LogP contribution >= 0.6 is 0 Å². The first-order chi connectivity index (χ1) is 9.49. The maximum absolute atomic E-state index is 12.2. The normalized spacial score (nSPS) is 15.1. The van der Waals surface area contributed by atoms with Crippen LogP contribution in [-0.4, -0.2) is 77.0 Å². The number of carbonyl (C=O) groups excluding carboxylic acids is 2. The van der Waals surface area contributed by atoms with E-state index in [4.69, 9.17) is 0 Å². The van der Waals surface area contributed by atoms with Crippen molar-refractivity contribution in [1.82, 2.24) is 19.7 Å². The van der Waals surface area contributed by atoms with Crippen molar-refractivity contribution in [2.24, 2.45) is 0 Å². The van der Waals surface area contributed by atoms with Crippen molar-refractivity contribution in [3.63, 3.8) is 0 Å². The summed E-state index contributed by atoms with van der Waals surface area (Å²) < 4.78 is 0. The summed E-state index contributed by atoms with van der Waals surface area (Å²) in [7, 11) is 3.41. The minimum atomic E-state index is -0.176. The predicted octanol–water partition coefficient (Wildman–Crippen LogP) is 0.227. The van der Waals surface area contributed by atoms with Crippen molar-refractivity contribution in [2.75, 3.05) is 40.3 Å². The van der Waals surface area contributed by atoms with E-state index < -0.39 is 0 Å². The largest absolute Gasteiger partial charge is 0.506 e. The highest BCUT2D eigenvalue weighted by Gasteiger charge is 2.25. The lowest BCUT2D eigenvalue weighted by Crippen LogP contribution is -2.52. The van der Waals surface area contributed by atoms with Crippen molar-refractivity contribution in [2.45, 2.75) is 0 Å². The molecular formula is C13H18N4O3. The average molecular weight is 278 g/mol. The molecule has 1 aromatic rings. The molecule has 108 valence electrons. The van der Waals surface area contributed by atoms with Gasteiger partial charge in [-0.25, -0.2) is 4.79 Å². The number of hydrogen-bond donors (Lipinski definition) is 1. The molecular weight excluding hydrogens is 260 g/mol. The highest BCUT2D eigenvalue weighted by atomic mass is 16.3. The van der Waals surface area contributed by atoms with Crippen molar-refractivity contribution in [3.8, 4) is 5.75 Å². The first kappa shape index (κ1) is 14.1. The molecule has 0 bridgehead atoms. The highest BCUT2D eigenvalue weighted by molar-refractivity contribution is 5.94. The first-order valence-electron chi connectivity index (χ1n) is 6.38. The molecule has 7 heteroatoms. The molecule has 20 heavy (non-hydrogen) atoms. The number of urea groups is 1. The maximum atomic E-state index is 12.2. The van der Waals surface area contributed by atoms with Gasteiger partial charge in [0.1, 0.15) is 5.75 Å². The molecule has 0 unspecified atom stereocenters. The Balaban J connectivity index is 1.97. The summed E-state index contributed by atoms with van der Waals surface area (Å²) in [6.07, 6.45) is 2.71. The van der Waals surface area contributed by atoms with Gasteiger partial charge < -0.3 is 19.8 Å². The van der Waals surface area contributed by atoms with Crippen LogP contribution in [0.5, 0.6) is 5.75 Å². The minimum absolute atomic E-state index is 0.0303. The molecule has 1 N–H and O–H groups in total. The zero-order valence-corrected chi connectivity index (χ0v) is 11.6. The maximum Gasteiger partial charge on any atom is 0.319 e. The van der Waals surface area contributed by atoms with Crippen LogP contribution in [-0.2, 0) is 0 Å². The second kappa shape index (κ2) is 5.77. The Bertz CT molecular complexity index is 510. The van der Waals surface area contributed by atoms with E-state index >= 15 is 0 Å². The Labute approximate surface area is 117 Å². The SMILES string of the molecule is CN(C)C(=O)N1CCN(C(=O)c2cncc(O)c2)CC1. The van der Waals surface area contributed by atoms with E-state index in [2.05, 4.69) is 4.98 Å². The number of amides is 3. The van der Waals surface area contributed by atoms with Crippen LogP contribution in [0.25, 0.3) is 0 Å². The fourth-order valence-electron chi connectivity index (χ4n) is 2.11. The van der Waals surface area contributed by atoms with Crippen LogP contribution in [0.1, 0.15) is 10.4 Å². The van der Waals surface area contributed by atoms with Crippen molar-refractivity contribution in [3.05, 3.63) is 24.0 Å². The summed E-state index contributed by atoms with van der Waals surface area (Å²) in [5.41, 5.74) is 0.359. The second-order valence-electron chi connectivity index (χ2n) is 4.89. The van der Waals surface area contributed by atoms with Gasteiger partial charge in [-0.1, -0.05) is 0 Å². The van der Waals surface area contributed by atoms with Gasteiger partial charge in [-0.05, 0) is 6.07 Å². The Hall–Kier alpha value is -2.31. The summed E-state index contributed by atoms with van der Waals surface area (Å²) >= 11 is 0. The van der Waals surface area contributed by atoms with E-state index in [1.807, 2.05) is 0 Å². The van der Waals surface area contributed by atoms with Crippen molar-refractivity contribution < 1.29 is 14.7 Å². The van der Waals surface area contributed by atoms with Gasteiger partial charge in [0.05, 0.1) is 11.8 Å². The molecule has 3 amide bonds. The number of rotatable bonds is 1. The van der Waals surface area contributed by atoms with Crippen molar-refractivity contribution >= 4 is 11.9 Å². The number of nitrogens with zero attached hydrogens (tertiary/aromatic N) is 4. The zero-order valence-electron chi connectivity index (χ0n) is 11.6. The monoisotopic (exact) mass is 278 g/mol. The summed E-state index contributed by atoms with van der Waals surface area (Å²) in [5.74, 6) is -0.206. The van der Waals surface area contributed by atoms with Crippen LogP contribution in [0.3, 0.4) is 0 Å². The van der Waals surface area contributed by atoms with Gasteiger partial charge in [0.2, 0.25) is 0 Å². The molecule has 7 nitrogen and oxygen atoms in total. The Morgan fingerprint density at radius 1 is 1.15 bits per heavy atom. The van der Waals surface area contributed by atoms with Crippen LogP contribution in [0, 0.1) is 0 Å². The number of aromatic nitrogens is 1. The van der Waals surface area contributed by atoms with E-state index in [1.54, 1.807) is 23.9 Å². The predicted molar refractivity (Wildman–Crippen MR) is 72.5 cm³/mol. The van der Waals surface area contributed by atoms with E-state index in [0.717, 1.165) is 0 Å². The lowest BCUT2D eigenvalue weighted by Gasteiger charge is -2.35. The van der Waals surface area contributed by atoms with Crippen LogP contribution in [0.2, 0.25) is 0 Å². The van der Waals surface area contributed by atoms with Gasteiger partial charge in [-0.2, -0.15) is 0 Å². The van der Waals surface area contributed by atoms with Crippen molar-refractivity contribution in [1.29, 1.82) is 0 Å². The molecule has 2 rings (SSSR count). The molecule has 0 aliphatic carbocycles. The number of pyridine rings is 1. The molecule has 1 aromatic heterocycles. The number of hydrogen-bond acceptors (Lipinski definition) is 4. The smallest absolute Gasteiger partial charge is 0.319 e. The highest BCUT2D eigenvalue weighted by Crippen LogP contribution is 2.13. The van der Waals surface area contributed by atoms with Gasteiger partial charge in [0.25, 0.3) is 5.91 Å². The molecule has 0 radical (unpaired) electrons. The molecule has 1 fully saturated rings. The number of aromatic hydroxyl groups is 1. The summed E-state index contributed by atoms with van der Waals surface area (Å²) in [4.78, 5) is 32.7. The quantitative estimate of drug-likeness (QED) is 0.797. The van der Waals surface area contributed by atoms with Crippen LogP contribution < -0.4 is 0 Å². The average Bonchev–Trinajstić information content (AvgIpc) is 2.46. The standard InChI is InChI=1S/C13H18N4O3/c1-15(2)13(20)17-5-3-16(4-6-17)12(19)10-7-11(18)9-14-8-10/h7-9,18H,3-6H2,1-2H3. The summed E-state index contributed by atoms with van der Waals surface area (Å²) in [6, 6.07) is 1.35. The molecule has 2 heterocycles. The van der Waals surface area contributed by atoms with Gasteiger partial charge in [-0.3, -0.25) is 9.78 Å². The fraction of sp³-hybridized carbons (Fsp3) is 0.462. The Kier molecular flexibility index (Phi) is 4.07. The zero-order chi connectivity index (χ0) is 14.7. The van der Waals surface area contributed by atoms with Crippen LogP contribution in [0.15, 0.2) is 18.5 Å². The van der Waals surface area contributed by atoms with E-state index in [0.29, 0.717) is 31.7 Å². The third-order valence-electron chi connectivity index (χ3n) is 3.19. The molecule has 1 saturated heterocycles. The molecule has 0 aromatic carbocycles. The third-order valence-corrected chi connectivity index (χ3v) is 3.19. The topological polar surface area (TPSA) is 77.0 Å². The molecule has 0 atom stereocenters. The third kappa shape index (κ3) is 2.98. The number of carbonyl (C=O) groups is 2. The Morgan fingerprint density at radius 3 is 2.30 bits per heavy atom. The van der Waals surface area contributed by atoms with Gasteiger partial charge in [-0.15, -0.1) is 0 Å². The molecule has 0 saturated carbocycles. The first-order valence-corrected chi connectivity index (χ1v) is 6.38. The van der Waals surface area contributed by atoms with Gasteiger partial charge in [0.15, 0.2) is 0 Å². The molecule has 1 aliphatic heterocycles. The fourth-order valence-corrected chi connectivity index (χ4v) is 2.11. The number of piperazine rings is 1. The second-order valence-corrected chi connectivity index (χ2v) is 4.89. The molecule has 0 spiro atoms. The summed E-state index contributed by atoms with van der Waals surface area (Å²) in [5, 5.41) is 9.34.